The molecule has 3 rings (SSSR count). The van der Waals surface area contributed by atoms with Crippen LogP contribution in [-0.2, 0) is 14.8 Å². The Morgan fingerprint density at radius 2 is 1.66 bits per heavy atom. The Kier molecular flexibility index (Phi) is 6.30. The number of rotatable bonds is 4. The number of hydrogen-bond donors (Lipinski definition) is 2. The van der Waals surface area contributed by atoms with Gasteiger partial charge in [0.2, 0.25) is 15.9 Å². The predicted molar refractivity (Wildman–Crippen MR) is 107 cm³/mol. The third kappa shape index (κ3) is 4.81. The zero-order valence-electron chi connectivity index (χ0n) is 15.6. The van der Waals surface area contributed by atoms with Gasteiger partial charge in [0.15, 0.2) is 0 Å². The third-order valence-corrected chi connectivity index (χ3v) is 7.22. The summed E-state index contributed by atoms with van der Waals surface area (Å²) in [6.45, 7) is 2.47. The second-order valence-electron chi connectivity index (χ2n) is 6.32. The van der Waals surface area contributed by atoms with Crippen molar-refractivity contribution in [3.63, 3.8) is 0 Å². The van der Waals surface area contributed by atoms with Crippen LogP contribution in [0.5, 0.6) is 0 Å². The SMILES string of the molecule is CC(=O)N1CCN(S(=O)(=O)c2cccc(C(=O)NNC(=O)c3cccs3)c2)CC1. The second-order valence-corrected chi connectivity index (χ2v) is 9.21. The van der Waals surface area contributed by atoms with E-state index in [2.05, 4.69) is 10.9 Å². The van der Waals surface area contributed by atoms with Crippen molar-refractivity contribution in [3.05, 3.63) is 52.2 Å². The summed E-state index contributed by atoms with van der Waals surface area (Å²) in [5.74, 6) is -1.18. The van der Waals surface area contributed by atoms with E-state index in [1.165, 1.54) is 46.8 Å². The zero-order valence-corrected chi connectivity index (χ0v) is 17.3. The normalized spacial score (nSPS) is 15.0. The van der Waals surface area contributed by atoms with Gasteiger partial charge in [-0.2, -0.15) is 4.31 Å². The van der Waals surface area contributed by atoms with Crippen LogP contribution in [0.1, 0.15) is 27.0 Å². The van der Waals surface area contributed by atoms with E-state index >= 15 is 0 Å². The molecule has 0 unspecified atom stereocenters. The van der Waals surface area contributed by atoms with Gasteiger partial charge in [0.25, 0.3) is 11.8 Å². The van der Waals surface area contributed by atoms with Crippen LogP contribution >= 0.6 is 11.3 Å². The monoisotopic (exact) mass is 436 g/mol. The lowest BCUT2D eigenvalue weighted by Gasteiger charge is -2.33. The van der Waals surface area contributed by atoms with Gasteiger partial charge in [-0.15, -0.1) is 11.3 Å². The molecule has 2 aromatic rings. The molecule has 1 aliphatic rings. The number of benzene rings is 1. The molecule has 3 amide bonds. The number of amides is 3. The summed E-state index contributed by atoms with van der Waals surface area (Å²) in [4.78, 5) is 37.6. The maximum Gasteiger partial charge on any atom is 0.279 e. The summed E-state index contributed by atoms with van der Waals surface area (Å²) < 4.78 is 27.1. The van der Waals surface area contributed by atoms with Crippen molar-refractivity contribution in [2.24, 2.45) is 0 Å². The minimum absolute atomic E-state index is 0.0222. The summed E-state index contributed by atoms with van der Waals surface area (Å²) in [6, 6.07) is 8.93. The number of nitrogens with zero attached hydrogens (tertiary/aromatic N) is 2. The molecule has 2 N–H and O–H groups in total. The largest absolute Gasteiger partial charge is 0.340 e. The topological polar surface area (TPSA) is 116 Å². The number of carbonyl (C=O) groups excluding carboxylic acids is 3. The van der Waals surface area contributed by atoms with E-state index < -0.39 is 21.8 Å². The van der Waals surface area contributed by atoms with E-state index in [9.17, 15) is 22.8 Å². The molecular formula is C18H20N4O5S2. The fraction of sp³-hybridized carbons (Fsp3) is 0.278. The highest BCUT2D eigenvalue weighted by atomic mass is 32.2. The molecule has 0 radical (unpaired) electrons. The molecule has 1 aliphatic heterocycles. The van der Waals surface area contributed by atoms with Gasteiger partial charge in [-0.3, -0.25) is 25.2 Å². The van der Waals surface area contributed by atoms with Crippen molar-refractivity contribution < 1.29 is 22.8 Å². The zero-order chi connectivity index (χ0) is 21.0. The number of carbonyl (C=O) groups is 3. The van der Waals surface area contributed by atoms with E-state index in [1.54, 1.807) is 22.4 Å². The van der Waals surface area contributed by atoms with Gasteiger partial charge in [-0.05, 0) is 29.6 Å². The number of piperazine rings is 1. The van der Waals surface area contributed by atoms with Crippen molar-refractivity contribution in [1.29, 1.82) is 0 Å². The standard InChI is InChI=1S/C18H20N4O5S2/c1-13(23)21-7-9-22(10-8-21)29(26,27)15-5-2-4-14(12-15)17(24)19-20-18(25)16-6-3-11-28-16/h2-6,11-12H,7-10H2,1H3,(H,19,24)(H,20,25). The quantitative estimate of drug-likeness (QED) is 0.684. The molecule has 11 heteroatoms. The average molecular weight is 437 g/mol. The molecular weight excluding hydrogens is 416 g/mol. The smallest absolute Gasteiger partial charge is 0.279 e. The van der Waals surface area contributed by atoms with Gasteiger partial charge in [-0.25, -0.2) is 8.42 Å². The van der Waals surface area contributed by atoms with E-state index in [0.717, 1.165) is 0 Å². The molecule has 154 valence electrons. The minimum atomic E-state index is -3.80. The van der Waals surface area contributed by atoms with Crippen LogP contribution in [0.2, 0.25) is 0 Å². The van der Waals surface area contributed by atoms with Crippen LogP contribution < -0.4 is 10.9 Å². The average Bonchev–Trinajstić information content (AvgIpc) is 3.27. The number of hydrogen-bond acceptors (Lipinski definition) is 6. The molecule has 1 aromatic heterocycles. The molecule has 0 saturated carbocycles. The predicted octanol–water partition coefficient (Wildman–Crippen LogP) is 0.676. The summed E-state index contributed by atoms with van der Waals surface area (Å²) in [7, 11) is -3.80. The van der Waals surface area contributed by atoms with E-state index in [-0.39, 0.29) is 29.5 Å². The number of nitrogens with one attached hydrogen (secondary N) is 2. The van der Waals surface area contributed by atoms with Crippen molar-refractivity contribution in [2.75, 3.05) is 26.2 Å². The Morgan fingerprint density at radius 3 is 2.28 bits per heavy atom. The second kappa shape index (κ2) is 8.72. The molecule has 1 aromatic carbocycles. The van der Waals surface area contributed by atoms with E-state index in [0.29, 0.717) is 18.0 Å². The van der Waals surface area contributed by atoms with Crippen molar-refractivity contribution in [3.8, 4) is 0 Å². The first-order valence-corrected chi connectivity index (χ1v) is 11.1. The Balaban J connectivity index is 1.67. The lowest BCUT2D eigenvalue weighted by atomic mass is 10.2. The lowest BCUT2D eigenvalue weighted by Crippen LogP contribution is -2.49. The van der Waals surface area contributed by atoms with Gasteiger partial charge < -0.3 is 4.90 Å². The van der Waals surface area contributed by atoms with Gasteiger partial charge in [-0.1, -0.05) is 12.1 Å². The van der Waals surface area contributed by atoms with Crippen LogP contribution in [0.15, 0.2) is 46.7 Å². The summed E-state index contributed by atoms with van der Waals surface area (Å²) in [6.07, 6.45) is 0. The number of thiophene rings is 1. The van der Waals surface area contributed by atoms with Crippen molar-refractivity contribution >= 4 is 39.1 Å². The van der Waals surface area contributed by atoms with E-state index in [1.807, 2.05) is 0 Å². The molecule has 2 heterocycles. The van der Waals surface area contributed by atoms with Gasteiger partial charge in [0.05, 0.1) is 9.77 Å². The molecule has 0 bridgehead atoms. The molecule has 1 fully saturated rings. The molecule has 9 nitrogen and oxygen atoms in total. The molecule has 29 heavy (non-hydrogen) atoms. The highest BCUT2D eigenvalue weighted by Gasteiger charge is 2.29. The maximum absolute atomic E-state index is 12.9. The summed E-state index contributed by atoms with van der Waals surface area (Å²) in [5.41, 5.74) is 4.67. The number of hydrazine groups is 1. The fourth-order valence-corrected chi connectivity index (χ4v) is 4.93. The van der Waals surface area contributed by atoms with Crippen molar-refractivity contribution in [1.82, 2.24) is 20.1 Å². The van der Waals surface area contributed by atoms with Gasteiger partial charge in [0, 0.05) is 38.7 Å². The van der Waals surface area contributed by atoms with Crippen LogP contribution in [0.3, 0.4) is 0 Å². The Hall–Kier alpha value is -2.76. The summed E-state index contributed by atoms with van der Waals surface area (Å²) in [5, 5.41) is 1.74. The van der Waals surface area contributed by atoms with Gasteiger partial charge >= 0.3 is 0 Å². The molecule has 0 atom stereocenters. The van der Waals surface area contributed by atoms with Crippen LogP contribution in [-0.4, -0.2) is 61.5 Å². The first-order valence-electron chi connectivity index (χ1n) is 8.79. The highest BCUT2D eigenvalue weighted by molar-refractivity contribution is 7.89. The van der Waals surface area contributed by atoms with Crippen LogP contribution in [0.25, 0.3) is 0 Å². The third-order valence-electron chi connectivity index (χ3n) is 4.45. The van der Waals surface area contributed by atoms with Crippen LogP contribution in [0, 0.1) is 0 Å². The Bertz CT molecular complexity index is 1010. The molecule has 0 aliphatic carbocycles. The lowest BCUT2D eigenvalue weighted by molar-refractivity contribution is -0.129. The van der Waals surface area contributed by atoms with E-state index in [4.69, 9.17) is 0 Å². The summed E-state index contributed by atoms with van der Waals surface area (Å²) >= 11 is 1.23. The minimum Gasteiger partial charge on any atom is -0.340 e. The highest BCUT2D eigenvalue weighted by Crippen LogP contribution is 2.19. The Labute approximate surface area is 172 Å². The van der Waals surface area contributed by atoms with Crippen LogP contribution in [0.4, 0.5) is 0 Å². The van der Waals surface area contributed by atoms with Gasteiger partial charge in [0.1, 0.15) is 0 Å². The molecule has 1 saturated heterocycles. The molecule has 0 spiro atoms. The first kappa shape index (κ1) is 21.0. The van der Waals surface area contributed by atoms with Crippen molar-refractivity contribution in [2.45, 2.75) is 11.8 Å². The first-order chi connectivity index (χ1) is 13.8. The number of sulfonamides is 1. The fourth-order valence-electron chi connectivity index (χ4n) is 2.85. The Morgan fingerprint density at radius 1 is 0.966 bits per heavy atom. The maximum atomic E-state index is 12.9.